The zero-order valence-electron chi connectivity index (χ0n) is 16.2. The highest BCUT2D eigenvalue weighted by Gasteiger charge is 2.40. The molecule has 6 heteroatoms. The van der Waals surface area contributed by atoms with Crippen LogP contribution in [0.1, 0.15) is 12.5 Å². The maximum absolute atomic E-state index is 13.1. The van der Waals surface area contributed by atoms with Gasteiger partial charge in [0.25, 0.3) is 12.4 Å². The Hall–Kier alpha value is -3.80. The molecule has 0 saturated carbocycles. The van der Waals surface area contributed by atoms with Crippen LogP contribution in [-0.4, -0.2) is 24.4 Å². The fraction of sp³-hybridized carbons (Fsp3) is 0.130. The van der Waals surface area contributed by atoms with Gasteiger partial charge in [0.1, 0.15) is 11.5 Å². The Morgan fingerprint density at radius 1 is 0.897 bits per heavy atom. The summed E-state index contributed by atoms with van der Waals surface area (Å²) in [5, 5.41) is 1.30. The summed E-state index contributed by atoms with van der Waals surface area (Å²) in [6.07, 6.45) is 0. The first kappa shape index (κ1) is 19.9. The van der Waals surface area contributed by atoms with Gasteiger partial charge in [0, 0.05) is 12.6 Å². The van der Waals surface area contributed by atoms with E-state index in [1.165, 1.54) is 5.01 Å². The second kappa shape index (κ2) is 8.93. The molecule has 0 spiro atoms. The molecule has 1 amide bonds. The monoisotopic (exact) mass is 390 g/mol. The number of para-hydroxylation sites is 2. The summed E-state index contributed by atoms with van der Waals surface area (Å²) >= 11 is 0. The van der Waals surface area contributed by atoms with E-state index in [0.29, 0.717) is 17.1 Å². The summed E-state index contributed by atoms with van der Waals surface area (Å²) in [6, 6.07) is 25.5. The number of benzene rings is 3. The van der Waals surface area contributed by atoms with Gasteiger partial charge >= 0.3 is 0 Å². The number of likely N-dealkylation sites (N-methyl/N-ethyl adjacent to an activating group) is 1. The van der Waals surface area contributed by atoms with E-state index in [0.717, 1.165) is 5.69 Å². The maximum atomic E-state index is 13.1. The summed E-state index contributed by atoms with van der Waals surface area (Å²) in [7, 11) is 1.58. The Morgan fingerprint density at radius 2 is 1.45 bits per heavy atom. The largest absolute Gasteiger partial charge is 0.457 e. The summed E-state index contributed by atoms with van der Waals surface area (Å²) in [5.74, 6) is 0.886. The molecular formula is C23H22N2O4. The van der Waals surface area contributed by atoms with Gasteiger partial charge in [0.2, 0.25) is 5.60 Å². The molecular weight excluding hydrogens is 368 g/mol. The van der Waals surface area contributed by atoms with E-state index >= 15 is 0 Å². The molecule has 0 aliphatic heterocycles. The molecule has 148 valence electrons. The van der Waals surface area contributed by atoms with Crippen LogP contribution in [0.15, 0.2) is 84.9 Å². The minimum absolute atomic E-state index is 0.280. The molecule has 29 heavy (non-hydrogen) atoms. The van der Waals surface area contributed by atoms with Crippen LogP contribution < -0.4 is 10.2 Å². The average molecular weight is 390 g/mol. The zero-order valence-corrected chi connectivity index (χ0v) is 16.2. The van der Waals surface area contributed by atoms with E-state index in [1.807, 2.05) is 60.7 Å². The Kier molecular flexibility index (Phi) is 6.14. The number of ether oxygens (including phenoxy) is 2. The summed E-state index contributed by atoms with van der Waals surface area (Å²) in [6.45, 7) is 1.84. The van der Waals surface area contributed by atoms with Crippen LogP contribution in [0.25, 0.3) is 0 Å². The lowest BCUT2D eigenvalue weighted by Crippen LogP contribution is -2.47. The lowest BCUT2D eigenvalue weighted by Gasteiger charge is -2.32. The first-order valence-corrected chi connectivity index (χ1v) is 9.08. The van der Waals surface area contributed by atoms with E-state index in [9.17, 15) is 9.59 Å². The van der Waals surface area contributed by atoms with Crippen LogP contribution in [0, 0.1) is 0 Å². The number of hydrogen-bond acceptors (Lipinski definition) is 5. The molecule has 0 aliphatic rings. The van der Waals surface area contributed by atoms with Gasteiger partial charge in [-0.05, 0) is 43.3 Å². The van der Waals surface area contributed by atoms with Crippen LogP contribution >= 0.6 is 0 Å². The standard InChI is InChI=1S/C23H22N2O4/c1-23(28-17-26,22(27)25(2)24-19-9-5-3-6-10-19)18-13-15-21(16-14-18)29-20-11-7-4-8-12-20/h3-17,24H,1-2H3. The van der Waals surface area contributed by atoms with Gasteiger partial charge < -0.3 is 9.47 Å². The van der Waals surface area contributed by atoms with Crippen molar-refractivity contribution in [3.63, 3.8) is 0 Å². The fourth-order valence-corrected chi connectivity index (χ4v) is 2.88. The van der Waals surface area contributed by atoms with Crippen molar-refractivity contribution in [3.8, 4) is 11.5 Å². The highest BCUT2D eigenvalue weighted by Crippen LogP contribution is 2.30. The fourth-order valence-electron chi connectivity index (χ4n) is 2.88. The second-order valence-corrected chi connectivity index (χ2v) is 6.53. The normalized spacial score (nSPS) is 12.3. The Morgan fingerprint density at radius 3 is 2.03 bits per heavy atom. The molecule has 1 N–H and O–H groups in total. The van der Waals surface area contributed by atoms with Crippen LogP contribution in [0.2, 0.25) is 0 Å². The predicted octanol–water partition coefficient (Wildman–Crippen LogP) is 4.35. The summed E-state index contributed by atoms with van der Waals surface area (Å²) < 4.78 is 11.0. The third-order valence-electron chi connectivity index (χ3n) is 4.45. The van der Waals surface area contributed by atoms with Gasteiger partial charge in [-0.15, -0.1) is 0 Å². The highest BCUT2D eigenvalue weighted by atomic mass is 16.5. The number of nitrogens with one attached hydrogen (secondary N) is 1. The summed E-state index contributed by atoms with van der Waals surface area (Å²) in [4.78, 5) is 24.2. The molecule has 0 fully saturated rings. The van der Waals surface area contributed by atoms with Crippen molar-refractivity contribution in [2.45, 2.75) is 12.5 Å². The van der Waals surface area contributed by atoms with E-state index in [-0.39, 0.29) is 6.47 Å². The van der Waals surface area contributed by atoms with Crippen molar-refractivity contribution in [2.24, 2.45) is 0 Å². The average Bonchev–Trinajstić information content (AvgIpc) is 2.75. The SMILES string of the molecule is CN(Nc1ccccc1)C(=O)C(C)(OC=O)c1ccc(Oc2ccccc2)cc1. The van der Waals surface area contributed by atoms with Gasteiger partial charge in [0.15, 0.2) is 0 Å². The van der Waals surface area contributed by atoms with Crippen LogP contribution in [0.5, 0.6) is 11.5 Å². The molecule has 0 bridgehead atoms. The van der Waals surface area contributed by atoms with E-state index < -0.39 is 11.5 Å². The van der Waals surface area contributed by atoms with Crippen LogP contribution in [0.3, 0.4) is 0 Å². The third kappa shape index (κ3) is 4.73. The van der Waals surface area contributed by atoms with Gasteiger partial charge in [0.05, 0.1) is 5.69 Å². The number of anilines is 1. The first-order valence-electron chi connectivity index (χ1n) is 9.08. The Labute approximate surface area is 169 Å². The Balaban J connectivity index is 1.79. The number of carbonyl (C=O) groups excluding carboxylic acids is 2. The van der Waals surface area contributed by atoms with Crippen molar-refractivity contribution >= 4 is 18.1 Å². The smallest absolute Gasteiger partial charge is 0.294 e. The highest BCUT2D eigenvalue weighted by molar-refractivity contribution is 5.88. The quantitative estimate of drug-likeness (QED) is 0.457. The first-order chi connectivity index (χ1) is 14.0. The minimum Gasteiger partial charge on any atom is -0.457 e. The molecule has 3 aromatic carbocycles. The van der Waals surface area contributed by atoms with Gasteiger partial charge in [-0.1, -0.05) is 48.5 Å². The number of hydrogen-bond donors (Lipinski definition) is 1. The van der Waals surface area contributed by atoms with Crippen LogP contribution in [0.4, 0.5) is 5.69 Å². The van der Waals surface area contributed by atoms with E-state index in [1.54, 1.807) is 38.2 Å². The molecule has 0 aromatic heterocycles. The molecule has 0 aliphatic carbocycles. The van der Waals surface area contributed by atoms with Crippen molar-refractivity contribution in [2.75, 3.05) is 12.5 Å². The van der Waals surface area contributed by atoms with Gasteiger partial charge in [-0.3, -0.25) is 20.0 Å². The zero-order chi connectivity index (χ0) is 20.7. The van der Waals surface area contributed by atoms with E-state index in [2.05, 4.69) is 5.43 Å². The molecule has 3 aromatic rings. The topological polar surface area (TPSA) is 67.9 Å². The summed E-state index contributed by atoms with van der Waals surface area (Å²) in [5.41, 5.74) is 2.75. The minimum atomic E-state index is -1.50. The number of nitrogens with zero attached hydrogens (tertiary/aromatic N) is 1. The predicted molar refractivity (Wildman–Crippen MR) is 110 cm³/mol. The molecule has 0 radical (unpaired) electrons. The lowest BCUT2D eigenvalue weighted by molar-refractivity contribution is -0.162. The van der Waals surface area contributed by atoms with E-state index in [4.69, 9.17) is 9.47 Å². The number of hydrazine groups is 1. The van der Waals surface area contributed by atoms with Crippen molar-refractivity contribution in [1.82, 2.24) is 5.01 Å². The number of rotatable bonds is 8. The van der Waals surface area contributed by atoms with Crippen molar-refractivity contribution < 1.29 is 19.1 Å². The molecule has 3 rings (SSSR count). The second-order valence-electron chi connectivity index (χ2n) is 6.53. The lowest BCUT2D eigenvalue weighted by atomic mass is 9.94. The van der Waals surface area contributed by atoms with Gasteiger partial charge in [-0.2, -0.15) is 0 Å². The Bertz CT molecular complexity index is 946. The van der Waals surface area contributed by atoms with Crippen molar-refractivity contribution in [1.29, 1.82) is 0 Å². The number of amides is 1. The molecule has 0 saturated heterocycles. The third-order valence-corrected chi connectivity index (χ3v) is 4.45. The molecule has 1 atom stereocenters. The number of carbonyl (C=O) groups is 2. The van der Waals surface area contributed by atoms with Crippen molar-refractivity contribution in [3.05, 3.63) is 90.5 Å². The molecule has 0 heterocycles. The van der Waals surface area contributed by atoms with Gasteiger partial charge in [-0.25, -0.2) is 0 Å². The molecule has 6 nitrogen and oxygen atoms in total. The maximum Gasteiger partial charge on any atom is 0.294 e. The molecule has 1 unspecified atom stereocenters. The van der Waals surface area contributed by atoms with Crippen LogP contribution in [-0.2, 0) is 19.9 Å².